The van der Waals surface area contributed by atoms with Crippen molar-refractivity contribution in [2.75, 3.05) is 26.2 Å². The summed E-state index contributed by atoms with van der Waals surface area (Å²) in [5.41, 5.74) is 8.95. The van der Waals surface area contributed by atoms with Crippen LogP contribution >= 0.6 is 11.6 Å². The topological polar surface area (TPSA) is 102 Å². The van der Waals surface area contributed by atoms with E-state index in [0.717, 1.165) is 17.1 Å². The van der Waals surface area contributed by atoms with E-state index in [1.807, 2.05) is 36.6 Å². The highest BCUT2D eigenvalue weighted by atomic mass is 35.5. The van der Waals surface area contributed by atoms with Crippen LogP contribution in [0.25, 0.3) is 5.69 Å². The lowest BCUT2D eigenvalue weighted by molar-refractivity contribution is 0.0471. The van der Waals surface area contributed by atoms with E-state index < -0.39 is 12.6 Å². The fourth-order valence-electron chi connectivity index (χ4n) is 3.65. The van der Waals surface area contributed by atoms with E-state index in [1.54, 1.807) is 6.07 Å². The average Bonchev–Trinajstić information content (AvgIpc) is 3.36. The maximum absolute atomic E-state index is 12.8. The van der Waals surface area contributed by atoms with Gasteiger partial charge in [0, 0.05) is 34.8 Å². The standard InChI is InChI=1S/C23H21ClN2O6/c1-12-6-15(13(2)26(12)14-4-5-20-22(7-14)32-11-31-20)19(27)10-30-23(28)16-8-17(24)18(25)9-21(16)29-3/h4-9H,10-11,25H2,1-3H3. The molecule has 1 aliphatic rings. The molecule has 0 saturated heterocycles. The number of halogens is 1. The molecule has 0 unspecified atom stereocenters. The lowest BCUT2D eigenvalue weighted by Gasteiger charge is -2.11. The van der Waals surface area contributed by atoms with Crippen molar-refractivity contribution in [2.45, 2.75) is 13.8 Å². The number of Topliss-reactive ketones (excluding diaryl/α,β-unsaturated/α-hetero) is 1. The van der Waals surface area contributed by atoms with Crippen molar-refractivity contribution in [1.82, 2.24) is 4.57 Å². The average molecular weight is 457 g/mol. The Bertz CT molecular complexity index is 1230. The molecular formula is C23H21ClN2O6. The Morgan fingerprint density at radius 2 is 1.84 bits per heavy atom. The number of benzene rings is 2. The first-order valence-corrected chi connectivity index (χ1v) is 10.1. The monoisotopic (exact) mass is 456 g/mol. The minimum atomic E-state index is -0.735. The summed E-state index contributed by atoms with van der Waals surface area (Å²) in [7, 11) is 1.40. The van der Waals surface area contributed by atoms with Crippen molar-refractivity contribution in [1.29, 1.82) is 0 Å². The van der Waals surface area contributed by atoms with Gasteiger partial charge in [0.15, 0.2) is 18.1 Å². The molecule has 9 heteroatoms. The number of nitrogens with two attached hydrogens (primary N) is 1. The number of ether oxygens (including phenoxy) is 4. The third kappa shape index (κ3) is 3.85. The molecule has 1 aromatic heterocycles. The molecule has 0 saturated carbocycles. The van der Waals surface area contributed by atoms with Gasteiger partial charge in [0.25, 0.3) is 0 Å². The van der Waals surface area contributed by atoms with E-state index in [-0.39, 0.29) is 34.6 Å². The molecule has 0 aliphatic carbocycles. The van der Waals surface area contributed by atoms with Crippen molar-refractivity contribution in [3.8, 4) is 22.9 Å². The first kappa shape index (κ1) is 21.6. The Labute approximate surface area is 189 Å². The van der Waals surface area contributed by atoms with Gasteiger partial charge >= 0.3 is 5.97 Å². The second-order valence-corrected chi connectivity index (χ2v) is 7.64. The van der Waals surface area contributed by atoms with Gasteiger partial charge in [0.05, 0.1) is 17.8 Å². The quantitative estimate of drug-likeness (QED) is 0.338. The maximum Gasteiger partial charge on any atom is 0.342 e. The van der Waals surface area contributed by atoms with Gasteiger partial charge in [-0.25, -0.2) is 4.79 Å². The Kier molecular flexibility index (Phi) is 5.71. The summed E-state index contributed by atoms with van der Waals surface area (Å²) in [6, 6.07) is 10.1. The zero-order valence-corrected chi connectivity index (χ0v) is 18.5. The Morgan fingerprint density at radius 1 is 1.09 bits per heavy atom. The van der Waals surface area contributed by atoms with Crippen LogP contribution in [0.2, 0.25) is 5.02 Å². The molecule has 166 valence electrons. The van der Waals surface area contributed by atoms with Crippen LogP contribution in [0, 0.1) is 13.8 Å². The van der Waals surface area contributed by atoms with Gasteiger partial charge in [-0.05, 0) is 38.1 Å². The van der Waals surface area contributed by atoms with E-state index in [2.05, 4.69) is 0 Å². The van der Waals surface area contributed by atoms with E-state index in [0.29, 0.717) is 17.1 Å². The van der Waals surface area contributed by atoms with Crippen LogP contribution in [0.1, 0.15) is 32.1 Å². The number of aromatic nitrogens is 1. The summed E-state index contributed by atoms with van der Waals surface area (Å²) in [6.45, 7) is 3.47. The molecule has 32 heavy (non-hydrogen) atoms. The van der Waals surface area contributed by atoms with Crippen molar-refractivity contribution >= 4 is 29.0 Å². The normalized spacial score (nSPS) is 12.0. The summed E-state index contributed by atoms with van der Waals surface area (Å²) in [4.78, 5) is 25.4. The minimum absolute atomic E-state index is 0.0883. The third-order valence-corrected chi connectivity index (χ3v) is 5.55. The van der Waals surface area contributed by atoms with E-state index in [4.69, 9.17) is 36.3 Å². The Balaban J connectivity index is 1.53. The molecule has 8 nitrogen and oxygen atoms in total. The molecular weight excluding hydrogens is 436 g/mol. The zero-order valence-electron chi connectivity index (χ0n) is 17.7. The second kappa shape index (κ2) is 8.47. The van der Waals surface area contributed by atoms with Crippen LogP contribution in [-0.2, 0) is 4.74 Å². The Hall–Kier alpha value is -3.65. The number of ketones is 1. The zero-order chi connectivity index (χ0) is 23.0. The van der Waals surface area contributed by atoms with Crippen LogP contribution in [0.5, 0.6) is 17.2 Å². The first-order chi connectivity index (χ1) is 15.3. The van der Waals surface area contributed by atoms with Crippen LogP contribution in [0.15, 0.2) is 36.4 Å². The number of methoxy groups -OCH3 is 1. The van der Waals surface area contributed by atoms with Crippen molar-refractivity contribution < 1.29 is 28.5 Å². The number of anilines is 1. The van der Waals surface area contributed by atoms with Crippen LogP contribution in [-0.4, -0.2) is 36.8 Å². The molecule has 0 radical (unpaired) electrons. The smallest absolute Gasteiger partial charge is 0.342 e. The van der Waals surface area contributed by atoms with E-state index >= 15 is 0 Å². The predicted octanol–water partition coefficient (Wildman–Crippen LogP) is 4.11. The molecule has 2 heterocycles. The van der Waals surface area contributed by atoms with Crippen LogP contribution in [0.4, 0.5) is 5.69 Å². The van der Waals surface area contributed by atoms with Gasteiger partial charge < -0.3 is 29.2 Å². The molecule has 0 bridgehead atoms. The highest BCUT2D eigenvalue weighted by Gasteiger charge is 2.22. The molecule has 0 fully saturated rings. The van der Waals surface area contributed by atoms with Gasteiger partial charge in [-0.3, -0.25) is 4.79 Å². The van der Waals surface area contributed by atoms with Gasteiger partial charge in [0.1, 0.15) is 11.3 Å². The summed E-state index contributed by atoms with van der Waals surface area (Å²) < 4.78 is 23.1. The van der Waals surface area contributed by atoms with Crippen LogP contribution < -0.4 is 19.9 Å². The van der Waals surface area contributed by atoms with E-state index in [9.17, 15) is 9.59 Å². The number of fused-ring (bicyclic) bond motifs is 1. The van der Waals surface area contributed by atoms with Gasteiger partial charge in [0.2, 0.25) is 12.6 Å². The SMILES string of the molecule is COc1cc(N)c(Cl)cc1C(=O)OCC(=O)c1cc(C)n(-c2ccc3c(c2)OCO3)c1C. The predicted molar refractivity (Wildman–Crippen MR) is 118 cm³/mol. The highest BCUT2D eigenvalue weighted by molar-refractivity contribution is 6.33. The summed E-state index contributed by atoms with van der Waals surface area (Å²) in [5.74, 6) is 0.469. The van der Waals surface area contributed by atoms with Crippen molar-refractivity contribution in [2.24, 2.45) is 0 Å². The molecule has 4 rings (SSSR count). The lowest BCUT2D eigenvalue weighted by atomic mass is 10.1. The highest BCUT2D eigenvalue weighted by Crippen LogP contribution is 2.35. The van der Waals surface area contributed by atoms with Crippen molar-refractivity contribution in [3.05, 3.63) is 63.9 Å². The number of esters is 1. The number of carbonyl (C=O) groups excluding carboxylic acids is 2. The van der Waals surface area contributed by atoms with Gasteiger partial charge in [-0.2, -0.15) is 0 Å². The second-order valence-electron chi connectivity index (χ2n) is 7.23. The fourth-order valence-corrected chi connectivity index (χ4v) is 3.81. The molecule has 0 amide bonds. The lowest BCUT2D eigenvalue weighted by Crippen LogP contribution is -2.16. The molecule has 2 aromatic carbocycles. The number of carbonyl (C=O) groups is 2. The number of hydrogen-bond acceptors (Lipinski definition) is 7. The number of aryl methyl sites for hydroxylation is 1. The van der Waals surface area contributed by atoms with Gasteiger partial charge in [-0.1, -0.05) is 11.6 Å². The largest absolute Gasteiger partial charge is 0.496 e. The van der Waals surface area contributed by atoms with Gasteiger partial charge in [-0.15, -0.1) is 0 Å². The number of nitrogens with zero attached hydrogens (tertiary/aromatic N) is 1. The maximum atomic E-state index is 12.8. The first-order valence-electron chi connectivity index (χ1n) is 9.72. The number of hydrogen-bond donors (Lipinski definition) is 1. The summed E-state index contributed by atoms with van der Waals surface area (Å²) in [5, 5.41) is 0.191. The van der Waals surface area contributed by atoms with Crippen LogP contribution in [0.3, 0.4) is 0 Å². The third-order valence-electron chi connectivity index (χ3n) is 5.22. The van der Waals surface area contributed by atoms with Crippen molar-refractivity contribution in [3.63, 3.8) is 0 Å². The molecule has 2 N–H and O–H groups in total. The summed E-state index contributed by atoms with van der Waals surface area (Å²) >= 11 is 6.01. The Morgan fingerprint density at radius 3 is 2.59 bits per heavy atom. The van der Waals surface area contributed by atoms with E-state index in [1.165, 1.54) is 19.2 Å². The fraction of sp³-hybridized carbons (Fsp3) is 0.217. The summed E-state index contributed by atoms with van der Waals surface area (Å²) in [6.07, 6.45) is 0. The molecule has 1 aliphatic heterocycles. The number of nitrogen functional groups attached to an aromatic ring is 1. The minimum Gasteiger partial charge on any atom is -0.496 e. The molecule has 0 spiro atoms. The molecule has 3 aromatic rings. The molecule has 0 atom stereocenters. The number of rotatable bonds is 6.